The minimum Gasteiger partial charge on any atom is -0.496 e. The molecule has 0 saturated carbocycles. The molecule has 0 aromatic heterocycles. The molecule has 0 heterocycles. The van der Waals surface area contributed by atoms with Crippen LogP contribution in [-0.2, 0) is 16.6 Å². The van der Waals surface area contributed by atoms with E-state index in [-0.39, 0.29) is 0 Å². The van der Waals surface area contributed by atoms with Crippen molar-refractivity contribution in [1.29, 1.82) is 0 Å². The van der Waals surface area contributed by atoms with Crippen molar-refractivity contribution in [2.75, 3.05) is 26.6 Å². The van der Waals surface area contributed by atoms with Crippen molar-refractivity contribution in [3.8, 4) is 17.2 Å². The lowest BCUT2D eigenvalue weighted by Crippen LogP contribution is -2.10. The third-order valence-electron chi connectivity index (χ3n) is 3.47. The zero-order valence-corrected chi connectivity index (χ0v) is 16.4. The van der Waals surface area contributed by atoms with E-state index in [4.69, 9.17) is 14.2 Å². The first-order valence-corrected chi connectivity index (χ1v) is 9.76. The Morgan fingerprint density at radius 3 is 2.33 bits per heavy atom. The predicted octanol–water partition coefficient (Wildman–Crippen LogP) is 4.10. The van der Waals surface area contributed by atoms with Gasteiger partial charge in [0.2, 0.25) is 0 Å². The average molecular weight is 413 g/mol. The van der Waals surface area contributed by atoms with E-state index in [0.29, 0.717) is 29.6 Å². The molecular formula is C18H21BrO4S. The lowest BCUT2D eigenvalue weighted by molar-refractivity contribution is 0.342. The summed E-state index contributed by atoms with van der Waals surface area (Å²) in [4.78, 5) is 0. The highest BCUT2D eigenvalue weighted by atomic mass is 79.9. The van der Waals surface area contributed by atoms with Crippen molar-refractivity contribution in [2.24, 2.45) is 0 Å². The standard InChI is InChI=1S/C18H21BrO4S/c1-13-4-6-15(7-5-13)23-8-9-24(20)12-14-10-18(22-3)16(19)11-17(14)21-2/h4-7,10-11H,8-9,12H2,1-3H3. The fourth-order valence-electron chi connectivity index (χ4n) is 2.17. The summed E-state index contributed by atoms with van der Waals surface area (Å²) in [6, 6.07) is 11.5. The Kier molecular flexibility index (Phi) is 7.12. The monoisotopic (exact) mass is 412 g/mol. The summed E-state index contributed by atoms with van der Waals surface area (Å²) in [5, 5.41) is 0. The van der Waals surface area contributed by atoms with E-state index in [1.807, 2.05) is 43.3 Å². The maximum atomic E-state index is 12.3. The van der Waals surface area contributed by atoms with Gasteiger partial charge in [0, 0.05) is 16.4 Å². The van der Waals surface area contributed by atoms with Crippen LogP contribution in [0.25, 0.3) is 0 Å². The highest BCUT2D eigenvalue weighted by Crippen LogP contribution is 2.33. The highest BCUT2D eigenvalue weighted by Gasteiger charge is 2.12. The van der Waals surface area contributed by atoms with Crippen molar-refractivity contribution in [3.63, 3.8) is 0 Å². The van der Waals surface area contributed by atoms with E-state index in [0.717, 1.165) is 15.8 Å². The van der Waals surface area contributed by atoms with Crippen LogP contribution in [0.15, 0.2) is 40.9 Å². The van der Waals surface area contributed by atoms with Gasteiger partial charge < -0.3 is 14.2 Å². The number of hydrogen-bond acceptors (Lipinski definition) is 4. The van der Waals surface area contributed by atoms with Gasteiger partial charge in [0.15, 0.2) is 0 Å². The molecule has 0 amide bonds. The Balaban J connectivity index is 1.93. The van der Waals surface area contributed by atoms with Crippen LogP contribution in [-0.4, -0.2) is 30.8 Å². The fourth-order valence-corrected chi connectivity index (χ4v) is 3.64. The maximum absolute atomic E-state index is 12.3. The van der Waals surface area contributed by atoms with Crippen LogP contribution in [0.1, 0.15) is 11.1 Å². The second kappa shape index (κ2) is 9.08. The Morgan fingerprint density at radius 2 is 1.71 bits per heavy atom. The van der Waals surface area contributed by atoms with Gasteiger partial charge >= 0.3 is 0 Å². The summed E-state index contributed by atoms with van der Waals surface area (Å²) in [6.45, 7) is 2.43. The third-order valence-corrected chi connectivity index (χ3v) is 5.35. The first kappa shape index (κ1) is 18.8. The number of rotatable bonds is 8. The smallest absolute Gasteiger partial charge is 0.133 e. The number of ether oxygens (including phenoxy) is 3. The van der Waals surface area contributed by atoms with Crippen LogP contribution in [0, 0.1) is 6.92 Å². The maximum Gasteiger partial charge on any atom is 0.133 e. The molecule has 1 unspecified atom stereocenters. The lowest BCUT2D eigenvalue weighted by atomic mass is 10.2. The molecule has 1 atom stereocenters. The quantitative estimate of drug-likeness (QED) is 0.654. The summed E-state index contributed by atoms with van der Waals surface area (Å²) < 4.78 is 29.4. The molecule has 0 fully saturated rings. The molecule has 2 aromatic carbocycles. The van der Waals surface area contributed by atoms with E-state index < -0.39 is 10.8 Å². The van der Waals surface area contributed by atoms with Crippen LogP contribution >= 0.6 is 15.9 Å². The van der Waals surface area contributed by atoms with Gasteiger partial charge in [-0.15, -0.1) is 0 Å². The first-order valence-electron chi connectivity index (χ1n) is 7.48. The molecule has 6 heteroatoms. The molecule has 0 radical (unpaired) electrons. The minimum atomic E-state index is -1.05. The second-order valence-electron chi connectivity index (χ2n) is 5.25. The molecule has 0 spiro atoms. The molecule has 0 aliphatic heterocycles. The topological polar surface area (TPSA) is 44.8 Å². The van der Waals surface area contributed by atoms with E-state index >= 15 is 0 Å². The van der Waals surface area contributed by atoms with E-state index in [2.05, 4.69) is 15.9 Å². The molecule has 0 N–H and O–H groups in total. The van der Waals surface area contributed by atoms with Crippen LogP contribution in [0.5, 0.6) is 17.2 Å². The molecule has 0 aliphatic rings. The van der Waals surface area contributed by atoms with Crippen LogP contribution in [0.3, 0.4) is 0 Å². The van der Waals surface area contributed by atoms with Gasteiger partial charge in [-0.2, -0.15) is 0 Å². The zero-order valence-electron chi connectivity index (χ0n) is 14.0. The number of methoxy groups -OCH3 is 2. The number of hydrogen-bond donors (Lipinski definition) is 0. The number of halogens is 1. The molecule has 2 aromatic rings. The van der Waals surface area contributed by atoms with Crippen molar-refractivity contribution < 1.29 is 18.4 Å². The van der Waals surface area contributed by atoms with Crippen molar-refractivity contribution >= 4 is 26.7 Å². The molecule has 0 aliphatic carbocycles. The molecular weight excluding hydrogens is 392 g/mol. The lowest BCUT2D eigenvalue weighted by Gasteiger charge is -2.12. The predicted molar refractivity (Wildman–Crippen MR) is 101 cm³/mol. The Bertz CT molecular complexity index is 701. The van der Waals surface area contributed by atoms with Gasteiger partial charge in [-0.25, -0.2) is 0 Å². The Hall–Kier alpha value is -1.53. The van der Waals surface area contributed by atoms with Crippen LogP contribution in [0.2, 0.25) is 0 Å². The van der Waals surface area contributed by atoms with Gasteiger partial charge in [-0.1, -0.05) is 17.7 Å². The highest BCUT2D eigenvalue weighted by molar-refractivity contribution is 9.10. The fraction of sp³-hybridized carbons (Fsp3) is 0.333. The number of aryl methyl sites for hydroxylation is 1. The largest absolute Gasteiger partial charge is 0.496 e. The van der Waals surface area contributed by atoms with E-state index in [1.165, 1.54) is 5.56 Å². The molecule has 2 rings (SSSR count). The van der Waals surface area contributed by atoms with Crippen molar-refractivity contribution in [1.82, 2.24) is 0 Å². The van der Waals surface area contributed by atoms with Crippen LogP contribution < -0.4 is 14.2 Å². The molecule has 24 heavy (non-hydrogen) atoms. The normalized spacial score (nSPS) is 11.8. The van der Waals surface area contributed by atoms with Gasteiger partial charge in [-0.3, -0.25) is 4.21 Å². The molecule has 0 bridgehead atoms. The Morgan fingerprint density at radius 1 is 1.04 bits per heavy atom. The Labute approximate surface area is 153 Å². The van der Waals surface area contributed by atoms with Gasteiger partial charge in [-0.05, 0) is 47.1 Å². The zero-order chi connectivity index (χ0) is 17.5. The molecule has 4 nitrogen and oxygen atoms in total. The van der Waals surface area contributed by atoms with E-state index in [1.54, 1.807) is 14.2 Å². The van der Waals surface area contributed by atoms with Gasteiger partial charge in [0.1, 0.15) is 17.2 Å². The minimum absolute atomic E-state index is 0.393. The average Bonchev–Trinajstić information content (AvgIpc) is 2.57. The second-order valence-corrected chi connectivity index (χ2v) is 7.68. The SMILES string of the molecule is COc1cc(CS(=O)CCOc2ccc(C)cc2)c(OC)cc1Br. The summed E-state index contributed by atoms with van der Waals surface area (Å²) >= 11 is 3.42. The van der Waals surface area contributed by atoms with E-state index in [9.17, 15) is 4.21 Å². The number of benzene rings is 2. The summed E-state index contributed by atoms with van der Waals surface area (Å²) in [5.74, 6) is 3.02. The molecule has 0 saturated heterocycles. The first-order chi connectivity index (χ1) is 11.5. The summed E-state index contributed by atoms with van der Waals surface area (Å²) in [7, 11) is 2.14. The van der Waals surface area contributed by atoms with Gasteiger partial charge in [0.25, 0.3) is 0 Å². The summed E-state index contributed by atoms with van der Waals surface area (Å²) in [5.41, 5.74) is 2.04. The summed E-state index contributed by atoms with van der Waals surface area (Å²) in [6.07, 6.45) is 0. The van der Waals surface area contributed by atoms with Gasteiger partial charge in [0.05, 0.1) is 36.8 Å². The van der Waals surface area contributed by atoms with Crippen LogP contribution in [0.4, 0.5) is 0 Å². The van der Waals surface area contributed by atoms with Crippen molar-refractivity contribution in [3.05, 3.63) is 52.0 Å². The van der Waals surface area contributed by atoms with Crippen molar-refractivity contribution in [2.45, 2.75) is 12.7 Å². The third kappa shape index (κ3) is 5.24. The molecule has 130 valence electrons.